The molecule has 15 heavy (non-hydrogen) atoms. The van der Waals surface area contributed by atoms with E-state index in [9.17, 15) is 13.2 Å². The Balaban J connectivity index is 2.43. The van der Waals surface area contributed by atoms with Gasteiger partial charge in [0, 0.05) is 6.21 Å². The van der Waals surface area contributed by atoms with Crippen LogP contribution in [-0.2, 0) is 0 Å². The zero-order chi connectivity index (χ0) is 11.3. The molecule has 3 nitrogen and oxygen atoms in total. The molecule has 0 bridgehead atoms. The summed E-state index contributed by atoms with van der Waals surface area (Å²) < 4.78 is 35.8. The molecule has 1 aliphatic rings. The maximum atomic E-state index is 11.9. The minimum absolute atomic E-state index is 0.114. The molecule has 0 spiro atoms. The fourth-order valence-corrected chi connectivity index (χ4v) is 1.30. The van der Waals surface area contributed by atoms with Crippen LogP contribution in [0.3, 0.4) is 0 Å². The van der Waals surface area contributed by atoms with Crippen molar-refractivity contribution in [2.45, 2.75) is 25.1 Å². The molecule has 86 valence electrons. The second-order valence-electron chi connectivity index (χ2n) is 3.40. The van der Waals surface area contributed by atoms with Gasteiger partial charge in [-0.3, -0.25) is 4.99 Å². The maximum Gasteiger partial charge on any atom is 0.430 e. The minimum atomic E-state index is -4.46. The third-order valence-corrected chi connectivity index (χ3v) is 2.19. The smallest absolute Gasteiger partial charge is 0.395 e. The maximum absolute atomic E-state index is 11.9. The summed E-state index contributed by atoms with van der Waals surface area (Å²) in [7, 11) is 0. The van der Waals surface area contributed by atoms with Gasteiger partial charge in [0.25, 0.3) is 0 Å². The topological polar surface area (TPSA) is 50.4 Å². The van der Waals surface area contributed by atoms with Crippen LogP contribution in [0.1, 0.15) is 12.8 Å². The standard InChI is InChI=1S/C9H14F3N3/c10-9(11,12)8(13)3-6-15-7-1-4-14-5-2-7/h3,6-7,14H,1-2,4-5,13H2/b8-3-,15-6?. The van der Waals surface area contributed by atoms with E-state index in [0.29, 0.717) is 0 Å². The molecule has 1 aliphatic heterocycles. The molecule has 6 heteroatoms. The van der Waals surface area contributed by atoms with Gasteiger partial charge in [0.1, 0.15) is 5.70 Å². The second kappa shape index (κ2) is 5.16. The highest BCUT2D eigenvalue weighted by atomic mass is 19.4. The van der Waals surface area contributed by atoms with Crippen LogP contribution in [0, 0.1) is 0 Å². The van der Waals surface area contributed by atoms with Crippen LogP contribution in [0.15, 0.2) is 16.8 Å². The summed E-state index contributed by atoms with van der Waals surface area (Å²) in [6, 6.07) is 0.114. The van der Waals surface area contributed by atoms with Crippen molar-refractivity contribution in [3.63, 3.8) is 0 Å². The van der Waals surface area contributed by atoms with Gasteiger partial charge in [-0.2, -0.15) is 13.2 Å². The number of aliphatic imine (C=N–C) groups is 1. The van der Waals surface area contributed by atoms with Crippen molar-refractivity contribution in [2.75, 3.05) is 13.1 Å². The van der Waals surface area contributed by atoms with E-state index in [0.717, 1.165) is 38.2 Å². The highest BCUT2D eigenvalue weighted by Crippen LogP contribution is 2.20. The molecule has 1 rings (SSSR count). The number of piperidine rings is 1. The van der Waals surface area contributed by atoms with Crippen LogP contribution >= 0.6 is 0 Å². The lowest BCUT2D eigenvalue weighted by molar-refractivity contribution is -0.0925. The molecule has 0 aromatic carbocycles. The highest BCUT2D eigenvalue weighted by molar-refractivity contribution is 5.72. The molecule has 0 saturated carbocycles. The van der Waals surface area contributed by atoms with Crippen molar-refractivity contribution in [3.8, 4) is 0 Å². The van der Waals surface area contributed by atoms with E-state index in [1.54, 1.807) is 0 Å². The predicted molar refractivity (Wildman–Crippen MR) is 52.7 cm³/mol. The number of rotatable bonds is 2. The van der Waals surface area contributed by atoms with E-state index in [2.05, 4.69) is 10.3 Å². The lowest BCUT2D eigenvalue weighted by Gasteiger charge is -2.18. The van der Waals surface area contributed by atoms with Crippen LogP contribution in [0.25, 0.3) is 0 Å². The minimum Gasteiger partial charge on any atom is -0.395 e. The summed E-state index contributed by atoms with van der Waals surface area (Å²) >= 11 is 0. The summed E-state index contributed by atoms with van der Waals surface area (Å²) in [5.74, 6) is 0. The molecule has 0 aromatic heterocycles. The molecule has 0 atom stereocenters. The van der Waals surface area contributed by atoms with E-state index < -0.39 is 11.9 Å². The van der Waals surface area contributed by atoms with Gasteiger partial charge in [-0.1, -0.05) is 0 Å². The molecule has 0 unspecified atom stereocenters. The van der Waals surface area contributed by atoms with Gasteiger partial charge in [0.05, 0.1) is 6.04 Å². The van der Waals surface area contributed by atoms with Crippen LogP contribution in [0.5, 0.6) is 0 Å². The van der Waals surface area contributed by atoms with Crippen molar-refractivity contribution in [1.82, 2.24) is 5.32 Å². The largest absolute Gasteiger partial charge is 0.430 e. The molecule has 1 heterocycles. The lowest BCUT2D eigenvalue weighted by atomic mass is 10.1. The molecule has 0 radical (unpaired) electrons. The SMILES string of the molecule is N/C(=C\C=NC1CCNCC1)C(F)(F)F. The van der Waals surface area contributed by atoms with Gasteiger partial charge in [-0.15, -0.1) is 0 Å². The Morgan fingerprint density at radius 2 is 1.93 bits per heavy atom. The first-order valence-electron chi connectivity index (χ1n) is 4.77. The second-order valence-corrected chi connectivity index (χ2v) is 3.40. The number of nitrogens with two attached hydrogens (primary N) is 1. The number of halogens is 3. The van der Waals surface area contributed by atoms with Crippen molar-refractivity contribution >= 4 is 6.21 Å². The first-order valence-corrected chi connectivity index (χ1v) is 4.77. The Labute approximate surface area is 86.2 Å². The average Bonchev–Trinajstić information content (AvgIpc) is 2.18. The molecule has 0 amide bonds. The van der Waals surface area contributed by atoms with Gasteiger partial charge < -0.3 is 11.1 Å². The van der Waals surface area contributed by atoms with E-state index in [1.165, 1.54) is 0 Å². The Kier molecular flexibility index (Phi) is 4.14. The summed E-state index contributed by atoms with van der Waals surface area (Å²) in [4.78, 5) is 4.02. The Hall–Kier alpha value is -1.04. The molecule has 1 fully saturated rings. The molecule has 3 N–H and O–H groups in total. The van der Waals surface area contributed by atoms with E-state index in [1.807, 2.05) is 0 Å². The normalized spacial score (nSPS) is 21.1. The highest BCUT2D eigenvalue weighted by Gasteiger charge is 2.30. The van der Waals surface area contributed by atoms with E-state index >= 15 is 0 Å². The van der Waals surface area contributed by atoms with Gasteiger partial charge in [0.2, 0.25) is 0 Å². The van der Waals surface area contributed by atoms with Crippen LogP contribution in [0.2, 0.25) is 0 Å². The fraction of sp³-hybridized carbons (Fsp3) is 0.667. The zero-order valence-corrected chi connectivity index (χ0v) is 8.22. The molecule has 0 aromatic rings. The Morgan fingerprint density at radius 1 is 1.33 bits per heavy atom. The fourth-order valence-electron chi connectivity index (χ4n) is 1.30. The number of nitrogens with zero attached hydrogens (tertiary/aromatic N) is 1. The van der Waals surface area contributed by atoms with Crippen molar-refractivity contribution in [3.05, 3.63) is 11.8 Å². The van der Waals surface area contributed by atoms with Gasteiger partial charge in [-0.05, 0) is 32.0 Å². The summed E-state index contributed by atoms with van der Waals surface area (Å²) in [5.41, 5.74) is 3.69. The van der Waals surface area contributed by atoms with Crippen molar-refractivity contribution < 1.29 is 13.2 Å². The third-order valence-electron chi connectivity index (χ3n) is 2.19. The number of hydrogen-bond donors (Lipinski definition) is 2. The predicted octanol–water partition coefficient (Wildman–Crippen LogP) is 1.21. The Bertz CT molecular complexity index is 252. The van der Waals surface area contributed by atoms with Crippen molar-refractivity contribution in [2.24, 2.45) is 10.7 Å². The van der Waals surface area contributed by atoms with E-state index in [4.69, 9.17) is 5.73 Å². The summed E-state index contributed by atoms with van der Waals surface area (Å²) in [5, 5.41) is 3.14. The summed E-state index contributed by atoms with van der Waals surface area (Å²) in [6.07, 6.45) is -0.784. The van der Waals surface area contributed by atoms with Gasteiger partial charge >= 0.3 is 6.18 Å². The van der Waals surface area contributed by atoms with Crippen LogP contribution in [0.4, 0.5) is 13.2 Å². The first-order chi connectivity index (χ1) is 7.00. The number of alkyl halides is 3. The number of allylic oxidation sites excluding steroid dienone is 2. The number of hydrogen-bond acceptors (Lipinski definition) is 3. The third kappa shape index (κ3) is 4.33. The molecular formula is C9H14F3N3. The van der Waals surface area contributed by atoms with Gasteiger partial charge in [-0.25, -0.2) is 0 Å². The zero-order valence-electron chi connectivity index (χ0n) is 8.22. The quantitative estimate of drug-likeness (QED) is 0.689. The van der Waals surface area contributed by atoms with Crippen molar-refractivity contribution in [1.29, 1.82) is 0 Å². The monoisotopic (exact) mass is 221 g/mol. The van der Waals surface area contributed by atoms with E-state index in [-0.39, 0.29) is 6.04 Å². The first kappa shape index (κ1) is 12.0. The van der Waals surface area contributed by atoms with Crippen LogP contribution < -0.4 is 11.1 Å². The lowest BCUT2D eigenvalue weighted by Crippen LogP contribution is -2.29. The average molecular weight is 221 g/mol. The Morgan fingerprint density at radius 3 is 2.47 bits per heavy atom. The van der Waals surface area contributed by atoms with Gasteiger partial charge in [0.15, 0.2) is 0 Å². The molecule has 1 saturated heterocycles. The molecular weight excluding hydrogens is 207 g/mol. The van der Waals surface area contributed by atoms with Crippen LogP contribution in [-0.4, -0.2) is 31.5 Å². The number of nitrogens with one attached hydrogen (secondary N) is 1. The molecule has 0 aliphatic carbocycles. The summed E-state index contributed by atoms with van der Waals surface area (Å²) in [6.45, 7) is 1.72.